The van der Waals surface area contributed by atoms with Gasteiger partial charge in [0.05, 0.1) is 0 Å². The fourth-order valence-corrected chi connectivity index (χ4v) is 1.86. The lowest BCUT2D eigenvalue weighted by atomic mass is 9.97. The molecule has 0 saturated heterocycles. The molecule has 0 amide bonds. The van der Waals surface area contributed by atoms with E-state index in [1.165, 1.54) is 5.56 Å². The number of carbonyl (C=O) groups excluding carboxylic acids is 1. The van der Waals surface area contributed by atoms with Crippen molar-refractivity contribution in [3.8, 4) is 11.1 Å². The van der Waals surface area contributed by atoms with E-state index in [4.69, 9.17) is 0 Å². The van der Waals surface area contributed by atoms with Crippen LogP contribution in [0.5, 0.6) is 0 Å². The van der Waals surface area contributed by atoms with Gasteiger partial charge in [-0.3, -0.25) is 4.79 Å². The Balaban J connectivity index is 2.59. The highest BCUT2D eigenvalue weighted by Crippen LogP contribution is 2.24. The molecule has 0 radical (unpaired) electrons. The van der Waals surface area contributed by atoms with Crippen molar-refractivity contribution in [3.05, 3.63) is 59.2 Å². The molecule has 0 bridgehead atoms. The molecule has 2 rings (SSSR count). The predicted octanol–water partition coefficient (Wildman–Crippen LogP) is 3.78. The number of aryl methyl sites for hydroxylation is 2. The van der Waals surface area contributed by atoms with Crippen LogP contribution in [0.2, 0.25) is 0 Å². The number of rotatable bonds is 2. The van der Waals surface area contributed by atoms with Gasteiger partial charge < -0.3 is 0 Å². The lowest BCUT2D eigenvalue weighted by Crippen LogP contribution is -1.89. The number of hydrogen-bond donors (Lipinski definition) is 0. The Morgan fingerprint density at radius 1 is 0.938 bits per heavy atom. The fraction of sp³-hybridized carbons (Fsp3) is 0.133. The average molecular weight is 210 g/mol. The Morgan fingerprint density at radius 3 is 2.38 bits per heavy atom. The molecule has 16 heavy (non-hydrogen) atoms. The first-order valence-corrected chi connectivity index (χ1v) is 5.33. The van der Waals surface area contributed by atoms with Crippen molar-refractivity contribution in [1.82, 2.24) is 0 Å². The molecule has 0 spiro atoms. The van der Waals surface area contributed by atoms with Crippen LogP contribution in [-0.2, 0) is 0 Å². The van der Waals surface area contributed by atoms with Crippen LogP contribution in [0.1, 0.15) is 21.5 Å². The largest absolute Gasteiger partial charge is 0.298 e. The molecular formula is C15H14O. The van der Waals surface area contributed by atoms with Gasteiger partial charge in [-0.2, -0.15) is 0 Å². The zero-order chi connectivity index (χ0) is 11.5. The molecule has 0 aliphatic rings. The molecule has 2 aromatic rings. The molecule has 0 aliphatic carbocycles. The van der Waals surface area contributed by atoms with Crippen molar-refractivity contribution in [2.45, 2.75) is 13.8 Å². The predicted molar refractivity (Wildman–Crippen MR) is 66.7 cm³/mol. The molecule has 0 atom stereocenters. The van der Waals surface area contributed by atoms with Gasteiger partial charge in [-0.1, -0.05) is 47.5 Å². The quantitative estimate of drug-likeness (QED) is 0.689. The van der Waals surface area contributed by atoms with Gasteiger partial charge in [0.25, 0.3) is 0 Å². The third-order valence-corrected chi connectivity index (χ3v) is 2.66. The minimum absolute atomic E-state index is 0.755. The second kappa shape index (κ2) is 4.31. The van der Waals surface area contributed by atoms with E-state index < -0.39 is 0 Å². The summed E-state index contributed by atoms with van der Waals surface area (Å²) in [4.78, 5) is 11.0. The highest BCUT2D eigenvalue weighted by atomic mass is 16.1. The Morgan fingerprint density at radius 2 is 1.69 bits per heavy atom. The summed E-state index contributed by atoms with van der Waals surface area (Å²) in [5, 5.41) is 0. The summed E-state index contributed by atoms with van der Waals surface area (Å²) < 4.78 is 0. The Hall–Kier alpha value is -1.89. The first-order valence-electron chi connectivity index (χ1n) is 5.33. The van der Waals surface area contributed by atoms with E-state index in [1.54, 1.807) is 0 Å². The lowest BCUT2D eigenvalue weighted by Gasteiger charge is -2.06. The van der Waals surface area contributed by atoms with E-state index in [-0.39, 0.29) is 0 Å². The van der Waals surface area contributed by atoms with Gasteiger partial charge in [0, 0.05) is 5.56 Å². The first-order chi connectivity index (χ1) is 7.70. The monoisotopic (exact) mass is 210 g/mol. The van der Waals surface area contributed by atoms with Gasteiger partial charge in [-0.15, -0.1) is 0 Å². The van der Waals surface area contributed by atoms with Crippen molar-refractivity contribution in [1.29, 1.82) is 0 Å². The summed E-state index contributed by atoms with van der Waals surface area (Å²) in [7, 11) is 0. The Bertz CT molecular complexity index is 527. The van der Waals surface area contributed by atoms with Crippen molar-refractivity contribution in [3.63, 3.8) is 0 Å². The van der Waals surface area contributed by atoms with Gasteiger partial charge in [-0.05, 0) is 31.0 Å². The van der Waals surface area contributed by atoms with E-state index in [9.17, 15) is 4.79 Å². The molecular weight excluding hydrogens is 196 g/mol. The standard InChI is InChI=1S/C15H14O/c1-11-4-3-5-13(8-11)15-7-6-12(2)9-14(15)10-16/h3-10H,1-2H3. The summed E-state index contributed by atoms with van der Waals surface area (Å²) in [6, 6.07) is 14.2. The van der Waals surface area contributed by atoms with Crippen molar-refractivity contribution in [2.75, 3.05) is 0 Å². The minimum Gasteiger partial charge on any atom is -0.298 e. The van der Waals surface area contributed by atoms with Crippen LogP contribution in [0.15, 0.2) is 42.5 Å². The van der Waals surface area contributed by atoms with Crippen molar-refractivity contribution in [2.24, 2.45) is 0 Å². The molecule has 0 unspecified atom stereocenters. The average Bonchev–Trinajstić information content (AvgIpc) is 2.28. The molecule has 0 fully saturated rings. The number of hydrogen-bond acceptors (Lipinski definition) is 1. The van der Waals surface area contributed by atoms with E-state index >= 15 is 0 Å². The number of carbonyl (C=O) groups is 1. The maximum Gasteiger partial charge on any atom is 0.150 e. The van der Waals surface area contributed by atoms with Crippen LogP contribution < -0.4 is 0 Å². The zero-order valence-corrected chi connectivity index (χ0v) is 9.53. The van der Waals surface area contributed by atoms with Crippen LogP contribution in [0.25, 0.3) is 11.1 Å². The zero-order valence-electron chi connectivity index (χ0n) is 9.53. The molecule has 2 aromatic carbocycles. The molecule has 0 saturated carbocycles. The van der Waals surface area contributed by atoms with E-state index in [0.29, 0.717) is 0 Å². The highest BCUT2D eigenvalue weighted by Gasteiger charge is 2.04. The molecule has 1 nitrogen and oxygen atoms in total. The summed E-state index contributed by atoms with van der Waals surface area (Å²) in [5.74, 6) is 0. The van der Waals surface area contributed by atoms with E-state index in [1.807, 2.05) is 37.3 Å². The third-order valence-electron chi connectivity index (χ3n) is 2.66. The second-order valence-corrected chi connectivity index (χ2v) is 4.08. The SMILES string of the molecule is Cc1cccc(-c2ccc(C)cc2C=O)c1. The van der Waals surface area contributed by atoms with Gasteiger partial charge >= 0.3 is 0 Å². The van der Waals surface area contributed by atoms with Crippen LogP contribution in [-0.4, -0.2) is 6.29 Å². The molecule has 1 heteroatoms. The summed E-state index contributed by atoms with van der Waals surface area (Å²) >= 11 is 0. The minimum atomic E-state index is 0.755. The van der Waals surface area contributed by atoms with Crippen molar-refractivity contribution < 1.29 is 4.79 Å². The normalized spacial score (nSPS) is 10.1. The maximum absolute atomic E-state index is 11.0. The molecule has 0 heterocycles. The molecule has 0 aromatic heterocycles. The summed E-state index contributed by atoms with van der Waals surface area (Å²) in [6.45, 7) is 4.05. The second-order valence-electron chi connectivity index (χ2n) is 4.08. The molecule has 80 valence electrons. The molecule has 0 N–H and O–H groups in total. The van der Waals surface area contributed by atoms with Crippen LogP contribution in [0.3, 0.4) is 0 Å². The Labute approximate surface area is 95.7 Å². The van der Waals surface area contributed by atoms with Crippen LogP contribution in [0.4, 0.5) is 0 Å². The first kappa shape index (κ1) is 10.6. The smallest absolute Gasteiger partial charge is 0.150 e. The van der Waals surface area contributed by atoms with Crippen molar-refractivity contribution >= 4 is 6.29 Å². The van der Waals surface area contributed by atoms with Gasteiger partial charge in [0.2, 0.25) is 0 Å². The van der Waals surface area contributed by atoms with Crippen LogP contribution in [0, 0.1) is 13.8 Å². The summed E-state index contributed by atoms with van der Waals surface area (Å²) in [5.41, 5.74) is 5.17. The summed E-state index contributed by atoms with van der Waals surface area (Å²) in [6.07, 6.45) is 0.921. The van der Waals surface area contributed by atoms with Gasteiger partial charge in [-0.25, -0.2) is 0 Å². The third kappa shape index (κ3) is 2.03. The van der Waals surface area contributed by atoms with Gasteiger partial charge in [0.1, 0.15) is 0 Å². The van der Waals surface area contributed by atoms with E-state index in [2.05, 4.69) is 19.1 Å². The van der Waals surface area contributed by atoms with Gasteiger partial charge in [0.15, 0.2) is 6.29 Å². The topological polar surface area (TPSA) is 17.1 Å². The fourth-order valence-electron chi connectivity index (χ4n) is 1.86. The highest BCUT2D eigenvalue weighted by molar-refractivity contribution is 5.87. The maximum atomic E-state index is 11.0. The molecule has 0 aliphatic heterocycles. The number of benzene rings is 2. The lowest BCUT2D eigenvalue weighted by molar-refractivity contribution is 0.112. The number of aldehydes is 1. The van der Waals surface area contributed by atoms with Crippen LogP contribution >= 0.6 is 0 Å². The Kier molecular flexibility index (Phi) is 2.86. The van der Waals surface area contributed by atoms with E-state index in [0.717, 1.165) is 28.5 Å².